The minimum absolute atomic E-state index is 0.0718. The van der Waals surface area contributed by atoms with Crippen LogP contribution < -0.4 is 0 Å². The maximum absolute atomic E-state index is 11.0. The van der Waals surface area contributed by atoms with Crippen molar-refractivity contribution in [2.75, 3.05) is 0 Å². The summed E-state index contributed by atoms with van der Waals surface area (Å²) in [5.74, 6) is 0. The van der Waals surface area contributed by atoms with Crippen LogP contribution >= 0.6 is 15.9 Å². The number of hydrogen-bond acceptors (Lipinski definition) is 3. The first-order chi connectivity index (χ1) is 9.60. The van der Waals surface area contributed by atoms with Gasteiger partial charge in [0.1, 0.15) is 0 Å². The zero-order valence-electron chi connectivity index (χ0n) is 10.3. The SMILES string of the molecule is N#Cc1ccc(/C=C/c2ccc(Br)cc2)c([N+](=O)[O-])c1. The van der Waals surface area contributed by atoms with Crippen LogP contribution in [0.5, 0.6) is 0 Å². The van der Waals surface area contributed by atoms with Gasteiger partial charge in [0.25, 0.3) is 5.69 Å². The standard InChI is InChI=1S/C15H9BrN2O2/c16-14-7-3-11(4-8-14)1-5-13-6-2-12(10-17)9-15(13)18(19)20/h1-9H/b5-1+. The number of benzene rings is 2. The fraction of sp³-hybridized carbons (Fsp3) is 0. The average Bonchev–Trinajstić information content (AvgIpc) is 2.46. The van der Waals surface area contributed by atoms with Crippen LogP contribution in [-0.4, -0.2) is 4.92 Å². The Labute approximate surface area is 124 Å². The number of nitriles is 1. The number of hydrogen-bond donors (Lipinski definition) is 0. The summed E-state index contributed by atoms with van der Waals surface area (Å²) in [6.45, 7) is 0. The van der Waals surface area contributed by atoms with E-state index < -0.39 is 4.92 Å². The average molecular weight is 329 g/mol. The fourth-order valence-electron chi connectivity index (χ4n) is 1.67. The van der Waals surface area contributed by atoms with Crippen LogP contribution in [0.25, 0.3) is 12.2 Å². The minimum atomic E-state index is -0.484. The lowest BCUT2D eigenvalue weighted by atomic mass is 10.1. The number of rotatable bonds is 3. The first-order valence-electron chi connectivity index (χ1n) is 5.72. The van der Waals surface area contributed by atoms with Gasteiger partial charge in [-0.25, -0.2) is 0 Å². The molecule has 0 amide bonds. The van der Waals surface area contributed by atoms with Crippen molar-refractivity contribution in [1.29, 1.82) is 5.26 Å². The highest BCUT2D eigenvalue weighted by atomic mass is 79.9. The van der Waals surface area contributed by atoms with E-state index in [2.05, 4.69) is 15.9 Å². The van der Waals surface area contributed by atoms with E-state index in [1.165, 1.54) is 6.07 Å². The quantitative estimate of drug-likeness (QED) is 0.476. The Kier molecular flexibility index (Phi) is 4.28. The van der Waals surface area contributed by atoms with Crippen molar-refractivity contribution in [3.05, 3.63) is 73.7 Å². The molecule has 98 valence electrons. The number of nitrogens with zero attached hydrogens (tertiary/aromatic N) is 2. The Balaban J connectivity index is 2.36. The molecule has 0 bridgehead atoms. The van der Waals surface area contributed by atoms with Gasteiger partial charge in [0.2, 0.25) is 0 Å². The van der Waals surface area contributed by atoms with Crippen LogP contribution in [0.3, 0.4) is 0 Å². The van der Waals surface area contributed by atoms with E-state index in [9.17, 15) is 10.1 Å². The van der Waals surface area contributed by atoms with Gasteiger partial charge in [0.05, 0.1) is 22.1 Å². The molecule has 0 atom stereocenters. The van der Waals surface area contributed by atoms with Crippen LogP contribution in [-0.2, 0) is 0 Å². The molecule has 0 aliphatic carbocycles. The van der Waals surface area contributed by atoms with Crippen LogP contribution in [0.15, 0.2) is 46.9 Å². The lowest BCUT2D eigenvalue weighted by molar-refractivity contribution is -0.385. The topological polar surface area (TPSA) is 66.9 Å². The summed E-state index contributed by atoms with van der Waals surface area (Å²) >= 11 is 3.34. The van der Waals surface area contributed by atoms with Crippen LogP contribution in [0.4, 0.5) is 5.69 Å². The molecule has 0 radical (unpaired) electrons. The number of halogens is 1. The van der Waals surface area contributed by atoms with Gasteiger partial charge in [-0.1, -0.05) is 34.1 Å². The summed E-state index contributed by atoms with van der Waals surface area (Å²) < 4.78 is 0.971. The van der Waals surface area contributed by atoms with Crippen molar-refractivity contribution < 1.29 is 4.92 Å². The highest BCUT2D eigenvalue weighted by Crippen LogP contribution is 2.22. The van der Waals surface area contributed by atoms with Gasteiger partial charge in [-0.2, -0.15) is 5.26 Å². The van der Waals surface area contributed by atoms with Crippen molar-refractivity contribution >= 4 is 33.8 Å². The zero-order valence-corrected chi connectivity index (χ0v) is 11.9. The Morgan fingerprint density at radius 1 is 1.15 bits per heavy atom. The zero-order chi connectivity index (χ0) is 14.5. The molecule has 2 rings (SSSR count). The third-order valence-corrected chi connectivity index (χ3v) is 3.21. The maximum Gasteiger partial charge on any atom is 0.277 e. The minimum Gasteiger partial charge on any atom is -0.258 e. The van der Waals surface area contributed by atoms with Gasteiger partial charge in [0, 0.05) is 10.5 Å². The molecule has 0 heterocycles. The molecular weight excluding hydrogens is 320 g/mol. The lowest BCUT2D eigenvalue weighted by Gasteiger charge is -1.98. The molecule has 5 heteroatoms. The van der Waals surface area contributed by atoms with Crippen molar-refractivity contribution in [3.63, 3.8) is 0 Å². The van der Waals surface area contributed by atoms with Gasteiger partial charge in [-0.15, -0.1) is 0 Å². The summed E-state index contributed by atoms with van der Waals surface area (Å²) in [5, 5.41) is 19.8. The van der Waals surface area contributed by atoms with Gasteiger partial charge >= 0.3 is 0 Å². The third kappa shape index (κ3) is 3.31. The molecule has 2 aromatic carbocycles. The number of nitro groups is 1. The highest BCUT2D eigenvalue weighted by molar-refractivity contribution is 9.10. The smallest absolute Gasteiger partial charge is 0.258 e. The van der Waals surface area contributed by atoms with Crippen LogP contribution in [0.1, 0.15) is 16.7 Å². The first kappa shape index (κ1) is 14.0. The summed E-state index contributed by atoms with van der Waals surface area (Å²) in [5.41, 5.74) is 1.61. The molecule has 4 nitrogen and oxygen atoms in total. The van der Waals surface area contributed by atoms with E-state index in [0.29, 0.717) is 5.56 Å². The molecule has 0 saturated carbocycles. The summed E-state index contributed by atoms with van der Waals surface area (Å²) in [4.78, 5) is 10.5. The molecule has 0 spiro atoms. The van der Waals surface area contributed by atoms with Gasteiger partial charge in [-0.05, 0) is 35.9 Å². The van der Waals surface area contributed by atoms with E-state index in [1.54, 1.807) is 24.3 Å². The van der Waals surface area contributed by atoms with Gasteiger partial charge in [0.15, 0.2) is 0 Å². The lowest BCUT2D eigenvalue weighted by Crippen LogP contribution is -1.92. The van der Waals surface area contributed by atoms with Crippen LogP contribution in [0, 0.1) is 21.4 Å². The van der Waals surface area contributed by atoms with Gasteiger partial charge < -0.3 is 0 Å². The summed E-state index contributed by atoms with van der Waals surface area (Å²) in [6, 6.07) is 13.9. The molecule has 0 aliphatic rings. The highest BCUT2D eigenvalue weighted by Gasteiger charge is 2.12. The van der Waals surface area contributed by atoms with Crippen molar-refractivity contribution in [1.82, 2.24) is 0 Å². The summed E-state index contributed by atoms with van der Waals surface area (Å²) in [6.07, 6.45) is 3.46. The fourth-order valence-corrected chi connectivity index (χ4v) is 1.94. The molecule has 0 aliphatic heterocycles. The molecule has 0 unspecified atom stereocenters. The Morgan fingerprint density at radius 3 is 2.45 bits per heavy atom. The summed E-state index contributed by atoms with van der Waals surface area (Å²) in [7, 11) is 0. The van der Waals surface area contributed by atoms with E-state index in [-0.39, 0.29) is 11.3 Å². The second-order valence-corrected chi connectivity index (χ2v) is 4.94. The van der Waals surface area contributed by atoms with Crippen LogP contribution in [0.2, 0.25) is 0 Å². The normalized spacial score (nSPS) is 10.4. The van der Waals surface area contributed by atoms with Crippen molar-refractivity contribution in [2.45, 2.75) is 0 Å². The largest absolute Gasteiger partial charge is 0.277 e. The predicted molar refractivity (Wildman–Crippen MR) is 80.9 cm³/mol. The number of nitro benzene ring substituents is 1. The molecule has 2 aromatic rings. The molecule has 20 heavy (non-hydrogen) atoms. The van der Waals surface area contributed by atoms with E-state index in [0.717, 1.165) is 10.0 Å². The second kappa shape index (κ2) is 6.13. The van der Waals surface area contributed by atoms with Crippen molar-refractivity contribution in [2.24, 2.45) is 0 Å². The predicted octanol–water partition coefficient (Wildman–Crippen LogP) is 4.40. The third-order valence-electron chi connectivity index (χ3n) is 2.68. The Morgan fingerprint density at radius 2 is 1.85 bits per heavy atom. The molecule has 0 aromatic heterocycles. The monoisotopic (exact) mass is 328 g/mol. The molecular formula is C15H9BrN2O2. The second-order valence-electron chi connectivity index (χ2n) is 4.03. The maximum atomic E-state index is 11.0. The Bertz CT molecular complexity index is 716. The van der Waals surface area contributed by atoms with Gasteiger partial charge in [-0.3, -0.25) is 10.1 Å². The Hall–Kier alpha value is -2.45. The molecule has 0 saturated heterocycles. The first-order valence-corrected chi connectivity index (χ1v) is 6.51. The van der Waals surface area contributed by atoms with Crippen molar-refractivity contribution in [3.8, 4) is 6.07 Å². The molecule has 0 N–H and O–H groups in total. The van der Waals surface area contributed by atoms with E-state index in [4.69, 9.17) is 5.26 Å². The van der Waals surface area contributed by atoms with E-state index in [1.807, 2.05) is 30.3 Å². The molecule has 0 fully saturated rings. The van der Waals surface area contributed by atoms with E-state index >= 15 is 0 Å².